The summed E-state index contributed by atoms with van der Waals surface area (Å²) in [6.07, 6.45) is 7.08. The van der Waals surface area contributed by atoms with Gasteiger partial charge in [-0.05, 0) is 50.3 Å². The van der Waals surface area contributed by atoms with Crippen LogP contribution in [0.2, 0.25) is 5.02 Å². The van der Waals surface area contributed by atoms with E-state index in [1.165, 1.54) is 23.5 Å². The highest BCUT2D eigenvalue weighted by Gasteiger charge is 2.35. The molecule has 1 aliphatic heterocycles. The fraction of sp³-hybridized carbons (Fsp3) is 0.478. The van der Waals surface area contributed by atoms with E-state index in [1.54, 1.807) is 6.07 Å². The summed E-state index contributed by atoms with van der Waals surface area (Å²) in [5, 5.41) is 5.29. The Morgan fingerprint density at radius 1 is 1.30 bits per heavy atom. The number of carbonyl (C=O) groups excluding carboxylic acids is 1. The molecule has 0 bridgehead atoms. The summed E-state index contributed by atoms with van der Waals surface area (Å²) in [5.41, 5.74) is 1.74. The van der Waals surface area contributed by atoms with Gasteiger partial charge in [-0.2, -0.15) is 0 Å². The van der Waals surface area contributed by atoms with Crippen molar-refractivity contribution in [3.8, 4) is 0 Å². The van der Waals surface area contributed by atoms with Crippen LogP contribution < -0.4 is 5.32 Å². The molecule has 0 spiro atoms. The molecule has 0 radical (unpaired) electrons. The number of aromatic nitrogens is 1. The molecule has 7 nitrogen and oxygen atoms in total. The lowest BCUT2D eigenvalue weighted by Crippen LogP contribution is -2.19. The molecule has 10 heteroatoms. The summed E-state index contributed by atoms with van der Waals surface area (Å²) in [6.45, 7) is 4.10. The van der Waals surface area contributed by atoms with Gasteiger partial charge in [0.1, 0.15) is 6.10 Å². The third-order valence-corrected chi connectivity index (χ3v) is 8.13. The number of sulfone groups is 1. The van der Waals surface area contributed by atoms with Crippen molar-refractivity contribution < 1.29 is 22.7 Å². The molecule has 1 amide bonds. The molecule has 2 fully saturated rings. The Bertz CT molecular complexity index is 1180. The van der Waals surface area contributed by atoms with Gasteiger partial charge >= 0.3 is 0 Å². The van der Waals surface area contributed by atoms with Crippen LogP contribution in [0, 0.1) is 5.92 Å². The van der Waals surface area contributed by atoms with E-state index >= 15 is 0 Å². The average Bonchev–Trinajstić information content (AvgIpc) is 3.46. The number of carbonyl (C=O) groups is 1. The molecule has 1 unspecified atom stereocenters. The molecule has 2 aliphatic rings. The normalized spacial score (nSPS) is 21.5. The zero-order valence-corrected chi connectivity index (χ0v) is 21.1. The van der Waals surface area contributed by atoms with Crippen molar-refractivity contribution in [2.45, 2.75) is 56.3 Å². The number of benzene rings is 1. The summed E-state index contributed by atoms with van der Waals surface area (Å²) >= 11 is 7.58. The molecular formula is C23H27ClN2O5S2. The summed E-state index contributed by atoms with van der Waals surface area (Å²) in [6, 6.07) is 4.61. The summed E-state index contributed by atoms with van der Waals surface area (Å²) in [4.78, 5) is 17.9. The smallest absolute Gasteiger partial charge is 0.257 e. The second-order valence-electron chi connectivity index (χ2n) is 8.89. The Labute approximate surface area is 203 Å². The molecule has 4 rings (SSSR count). The number of ether oxygens (including phenoxy) is 2. The first-order chi connectivity index (χ1) is 15.5. The molecule has 33 heavy (non-hydrogen) atoms. The van der Waals surface area contributed by atoms with Crippen LogP contribution in [-0.2, 0) is 24.1 Å². The van der Waals surface area contributed by atoms with Gasteiger partial charge in [-0.15, -0.1) is 11.3 Å². The van der Waals surface area contributed by atoms with Crippen LogP contribution in [-0.4, -0.2) is 38.0 Å². The van der Waals surface area contributed by atoms with Gasteiger partial charge in [0.25, 0.3) is 5.91 Å². The molecule has 178 valence electrons. The molecule has 1 atom stereocenters. The number of nitrogens with one attached hydrogen (secondary N) is 1. The second kappa shape index (κ2) is 9.46. The Kier molecular flexibility index (Phi) is 6.98. The Balaban J connectivity index is 1.58. The van der Waals surface area contributed by atoms with Crippen LogP contribution in [0.1, 0.15) is 56.9 Å². The lowest BCUT2D eigenvalue weighted by Gasteiger charge is -2.16. The maximum atomic E-state index is 13.3. The molecule has 1 N–H and O–H groups in total. The summed E-state index contributed by atoms with van der Waals surface area (Å²) in [5.74, 6) is -0.682. The molecular weight excluding hydrogens is 484 g/mol. The van der Waals surface area contributed by atoms with Crippen molar-refractivity contribution >= 4 is 49.4 Å². The van der Waals surface area contributed by atoms with Crippen LogP contribution in [0.5, 0.6) is 0 Å². The largest absolute Gasteiger partial charge is 0.347 e. The molecule has 2 aromatic rings. The number of rotatable bonds is 6. The van der Waals surface area contributed by atoms with Crippen LogP contribution in [0.3, 0.4) is 0 Å². The minimum Gasteiger partial charge on any atom is -0.347 e. The number of hydrogen-bond acceptors (Lipinski definition) is 7. The van der Waals surface area contributed by atoms with E-state index in [0.717, 1.165) is 31.9 Å². The minimum absolute atomic E-state index is 0.0415. The van der Waals surface area contributed by atoms with Gasteiger partial charge in [0.05, 0.1) is 22.2 Å². The van der Waals surface area contributed by atoms with Crippen molar-refractivity contribution in [1.29, 1.82) is 0 Å². The Morgan fingerprint density at radius 2 is 2.03 bits per heavy atom. The minimum atomic E-state index is -3.46. The monoisotopic (exact) mass is 510 g/mol. The Morgan fingerprint density at radius 3 is 2.64 bits per heavy atom. The molecule has 1 aromatic carbocycles. The topological polar surface area (TPSA) is 94.6 Å². The van der Waals surface area contributed by atoms with Gasteiger partial charge in [-0.3, -0.25) is 10.1 Å². The highest BCUT2D eigenvalue weighted by Crippen LogP contribution is 2.35. The van der Waals surface area contributed by atoms with Crippen molar-refractivity contribution in [3.63, 3.8) is 0 Å². The fourth-order valence-corrected chi connectivity index (χ4v) is 6.20. The number of amides is 1. The van der Waals surface area contributed by atoms with E-state index in [1.807, 2.05) is 25.3 Å². The average molecular weight is 511 g/mol. The highest BCUT2D eigenvalue weighted by atomic mass is 35.5. The number of halogens is 1. The van der Waals surface area contributed by atoms with Crippen molar-refractivity contribution in [2.24, 2.45) is 5.92 Å². The lowest BCUT2D eigenvalue weighted by atomic mass is 9.98. The second-order valence-corrected chi connectivity index (χ2v) is 12.1. The first-order valence-electron chi connectivity index (χ1n) is 10.8. The van der Waals surface area contributed by atoms with E-state index < -0.39 is 15.6 Å². The van der Waals surface area contributed by atoms with Crippen molar-refractivity contribution in [2.75, 3.05) is 18.2 Å². The van der Waals surface area contributed by atoms with Crippen LogP contribution in [0.25, 0.3) is 5.57 Å². The number of anilines is 1. The van der Waals surface area contributed by atoms with Gasteiger partial charge < -0.3 is 9.47 Å². The maximum absolute atomic E-state index is 13.3. The van der Waals surface area contributed by atoms with Gasteiger partial charge in [0, 0.05) is 17.2 Å². The van der Waals surface area contributed by atoms with Gasteiger partial charge in [0.15, 0.2) is 20.8 Å². The van der Waals surface area contributed by atoms with Gasteiger partial charge in [-0.25, -0.2) is 13.4 Å². The number of hydrogen-bond donors (Lipinski definition) is 1. The zero-order valence-electron chi connectivity index (χ0n) is 18.8. The number of nitrogens with zero attached hydrogens (tertiary/aromatic N) is 1. The molecule has 1 saturated carbocycles. The third-order valence-electron chi connectivity index (χ3n) is 5.77. The van der Waals surface area contributed by atoms with E-state index in [4.69, 9.17) is 21.1 Å². The standard InChI is InChI=1S/C23H27ClN2O5S2/c1-23(2)30-12-19(31-23)18-13-32-22(25-18)26-21(27)16(10-14-6-4-5-7-14)15-8-9-20(17(24)11-15)33(3,28)29/h8-11,13-14,19H,4-7,12H2,1-3H3,(H,25,26,27). The van der Waals surface area contributed by atoms with Gasteiger partial charge in [0.2, 0.25) is 0 Å². The van der Waals surface area contributed by atoms with Crippen LogP contribution >= 0.6 is 22.9 Å². The predicted octanol–water partition coefficient (Wildman–Crippen LogP) is 5.24. The summed E-state index contributed by atoms with van der Waals surface area (Å²) in [7, 11) is -3.46. The summed E-state index contributed by atoms with van der Waals surface area (Å²) < 4.78 is 35.3. The third kappa shape index (κ3) is 5.84. The molecule has 2 heterocycles. The van der Waals surface area contributed by atoms with Gasteiger partial charge in [-0.1, -0.05) is 36.6 Å². The lowest BCUT2D eigenvalue weighted by molar-refractivity contribution is -0.139. The molecule has 1 aromatic heterocycles. The van der Waals surface area contributed by atoms with E-state index in [0.29, 0.717) is 28.6 Å². The van der Waals surface area contributed by atoms with E-state index in [2.05, 4.69) is 10.3 Å². The SMILES string of the molecule is CC1(C)OCC(c2csc(NC(=O)C(=CC3CCCC3)c3ccc(S(C)(=O)=O)c(Cl)c3)n2)O1. The first kappa shape index (κ1) is 24.3. The van der Waals surface area contributed by atoms with E-state index in [9.17, 15) is 13.2 Å². The van der Waals surface area contributed by atoms with Crippen LogP contribution in [0.15, 0.2) is 34.6 Å². The fourth-order valence-electron chi connectivity index (χ4n) is 4.12. The number of thiazole rings is 1. The highest BCUT2D eigenvalue weighted by molar-refractivity contribution is 7.90. The molecule has 1 saturated heterocycles. The first-order valence-corrected chi connectivity index (χ1v) is 14.0. The predicted molar refractivity (Wildman–Crippen MR) is 129 cm³/mol. The molecule has 1 aliphatic carbocycles. The quantitative estimate of drug-likeness (QED) is 0.534. The Hall–Kier alpha value is -1.78. The number of allylic oxidation sites excluding steroid dienone is 1. The van der Waals surface area contributed by atoms with Crippen molar-refractivity contribution in [3.05, 3.63) is 45.9 Å². The maximum Gasteiger partial charge on any atom is 0.257 e. The zero-order chi connectivity index (χ0) is 23.8. The van der Waals surface area contributed by atoms with Crippen LogP contribution in [0.4, 0.5) is 5.13 Å². The van der Waals surface area contributed by atoms with E-state index in [-0.39, 0.29) is 27.8 Å². The van der Waals surface area contributed by atoms with Crippen molar-refractivity contribution in [1.82, 2.24) is 4.98 Å².